The van der Waals surface area contributed by atoms with Gasteiger partial charge in [-0.05, 0) is 67.9 Å². The first-order valence-electron chi connectivity index (χ1n) is 10.1. The summed E-state index contributed by atoms with van der Waals surface area (Å²) in [5.41, 5.74) is 1.90. The van der Waals surface area contributed by atoms with Crippen molar-refractivity contribution in [2.45, 2.75) is 71.1 Å². The van der Waals surface area contributed by atoms with Crippen LogP contribution in [-0.4, -0.2) is 16.2 Å². The summed E-state index contributed by atoms with van der Waals surface area (Å²) in [6.45, 7) is 4.11. The topological polar surface area (TPSA) is 57.5 Å². The highest BCUT2D eigenvalue weighted by Crippen LogP contribution is 2.44. The Morgan fingerprint density at radius 1 is 1.37 bits per heavy atom. The number of benzene rings is 1. The number of carbonyl (C=O) groups is 1. The van der Waals surface area contributed by atoms with Crippen molar-refractivity contribution in [3.63, 3.8) is 0 Å². The van der Waals surface area contributed by atoms with E-state index in [1.54, 1.807) is 0 Å². The number of hydrogen-bond donors (Lipinski definition) is 2. The van der Waals surface area contributed by atoms with Crippen LogP contribution in [0, 0.1) is 23.7 Å². The molecule has 0 amide bonds. The minimum absolute atomic E-state index is 0.138. The molecular formula is C24H32O3. The molecule has 0 saturated heterocycles. The molecule has 1 aliphatic carbocycles. The first-order valence-corrected chi connectivity index (χ1v) is 10.1. The van der Waals surface area contributed by atoms with E-state index in [1.807, 2.05) is 25.1 Å². The summed E-state index contributed by atoms with van der Waals surface area (Å²) in [6, 6.07) is 5.94. The molecule has 146 valence electrons. The van der Waals surface area contributed by atoms with Crippen LogP contribution in [0.3, 0.4) is 0 Å². The second kappa shape index (κ2) is 10.8. The lowest BCUT2D eigenvalue weighted by atomic mass is 9.86. The van der Waals surface area contributed by atoms with E-state index in [0.717, 1.165) is 36.8 Å². The Bertz CT molecular complexity index is 708. The third kappa shape index (κ3) is 6.47. The molecule has 3 atom stereocenters. The number of rotatable bonds is 9. The Balaban J connectivity index is 2.02. The van der Waals surface area contributed by atoms with Gasteiger partial charge in [-0.2, -0.15) is 0 Å². The lowest BCUT2D eigenvalue weighted by Crippen LogP contribution is -2.05. The number of hydrogen-bond acceptors (Lipinski definition) is 2. The fourth-order valence-electron chi connectivity index (χ4n) is 3.99. The maximum Gasteiger partial charge on any atom is 0.303 e. The molecule has 1 aromatic carbocycles. The third-order valence-electron chi connectivity index (χ3n) is 5.51. The van der Waals surface area contributed by atoms with Gasteiger partial charge < -0.3 is 10.2 Å². The monoisotopic (exact) mass is 368 g/mol. The fourth-order valence-corrected chi connectivity index (χ4v) is 3.99. The van der Waals surface area contributed by atoms with Crippen LogP contribution >= 0.6 is 0 Å². The molecule has 0 aliphatic heterocycles. The number of allylic oxidation sites excluding steroid dienone is 2. The van der Waals surface area contributed by atoms with Gasteiger partial charge in [-0.3, -0.25) is 4.79 Å². The molecule has 0 heterocycles. The summed E-state index contributed by atoms with van der Waals surface area (Å²) in [5, 5.41) is 19.6. The molecule has 2 N–H and O–H groups in total. The number of aliphatic carboxylic acids is 1. The number of phenolic OH excluding ortho intramolecular Hbond substituents is 1. The van der Waals surface area contributed by atoms with E-state index in [4.69, 9.17) is 5.11 Å². The Morgan fingerprint density at radius 3 is 2.93 bits per heavy atom. The minimum atomic E-state index is -0.786. The minimum Gasteiger partial charge on any atom is -0.507 e. The predicted molar refractivity (Wildman–Crippen MR) is 110 cm³/mol. The molecule has 0 spiro atoms. The van der Waals surface area contributed by atoms with E-state index in [9.17, 15) is 9.90 Å². The highest BCUT2D eigenvalue weighted by atomic mass is 16.4. The predicted octanol–water partition coefficient (Wildman–Crippen LogP) is 5.68. The van der Waals surface area contributed by atoms with Gasteiger partial charge in [-0.15, -0.1) is 11.8 Å². The first kappa shape index (κ1) is 21.1. The smallest absolute Gasteiger partial charge is 0.303 e. The van der Waals surface area contributed by atoms with Crippen molar-refractivity contribution < 1.29 is 15.0 Å². The van der Waals surface area contributed by atoms with E-state index < -0.39 is 5.97 Å². The molecule has 1 saturated carbocycles. The molecule has 0 bridgehead atoms. The summed E-state index contributed by atoms with van der Waals surface area (Å²) in [7, 11) is 0. The van der Waals surface area contributed by atoms with Gasteiger partial charge in [0.05, 0.1) is 0 Å². The number of phenols is 1. The summed E-state index contributed by atoms with van der Waals surface area (Å²) < 4.78 is 0. The molecule has 1 fully saturated rings. The van der Waals surface area contributed by atoms with E-state index in [1.165, 1.54) is 6.42 Å². The fraction of sp³-hybridized carbons (Fsp3) is 0.542. The van der Waals surface area contributed by atoms with Crippen molar-refractivity contribution in [2.75, 3.05) is 0 Å². The summed E-state index contributed by atoms with van der Waals surface area (Å²) in [6.07, 6.45) is 11.3. The second-order valence-electron chi connectivity index (χ2n) is 7.70. The van der Waals surface area contributed by atoms with Gasteiger partial charge in [0.2, 0.25) is 0 Å². The zero-order valence-electron chi connectivity index (χ0n) is 16.6. The van der Waals surface area contributed by atoms with Crippen molar-refractivity contribution >= 4 is 5.97 Å². The molecule has 0 aromatic heterocycles. The van der Waals surface area contributed by atoms with Crippen molar-refractivity contribution in [3.05, 3.63) is 41.5 Å². The molecule has 1 aliphatic rings. The second-order valence-corrected chi connectivity index (χ2v) is 7.70. The van der Waals surface area contributed by atoms with Crippen LogP contribution in [0.15, 0.2) is 30.4 Å². The van der Waals surface area contributed by atoms with Crippen molar-refractivity contribution in [2.24, 2.45) is 11.8 Å². The zero-order valence-corrected chi connectivity index (χ0v) is 16.6. The summed E-state index contributed by atoms with van der Waals surface area (Å²) in [4.78, 5) is 10.7. The quantitative estimate of drug-likeness (QED) is 0.435. The molecule has 1 aromatic rings. The van der Waals surface area contributed by atoms with Crippen molar-refractivity contribution in [3.8, 4) is 17.6 Å². The van der Waals surface area contributed by atoms with Crippen molar-refractivity contribution in [1.29, 1.82) is 0 Å². The molecule has 2 unspecified atom stereocenters. The standard InChI is InChI=1S/C24H32O3/c1-3-4-9-18(2)10-5-11-19-12-6-15-21(19)22-16-7-13-20(24(22)27)14-8-17-23(25)26/h5,7,11,13,16,18-19,21,27H,6,8-10,12,14-15,17H2,1-2H3,(H,25,26)/b11-5+/t18?,19?,21-/m0/s1. The third-order valence-corrected chi connectivity index (χ3v) is 5.51. The van der Waals surface area contributed by atoms with E-state index in [2.05, 4.69) is 30.9 Å². The van der Waals surface area contributed by atoms with Gasteiger partial charge in [0, 0.05) is 12.8 Å². The normalized spacial score (nSPS) is 20.4. The van der Waals surface area contributed by atoms with Crippen molar-refractivity contribution in [1.82, 2.24) is 0 Å². The zero-order chi connectivity index (χ0) is 19.6. The number of aromatic hydroxyl groups is 1. The van der Waals surface area contributed by atoms with Gasteiger partial charge in [0.25, 0.3) is 0 Å². The number of carboxylic acid groups (broad SMARTS) is 1. The first-order chi connectivity index (χ1) is 13.0. The van der Waals surface area contributed by atoms with Crippen LogP contribution in [0.1, 0.15) is 75.8 Å². The molecule has 3 nitrogen and oxygen atoms in total. The van der Waals surface area contributed by atoms with Crippen LogP contribution in [-0.2, 0) is 11.2 Å². The molecule has 2 rings (SSSR count). The maximum absolute atomic E-state index is 10.8. The van der Waals surface area contributed by atoms with E-state index >= 15 is 0 Å². The van der Waals surface area contributed by atoms with E-state index in [-0.39, 0.29) is 6.42 Å². The van der Waals surface area contributed by atoms with Gasteiger partial charge in [0.15, 0.2) is 0 Å². The molecule has 27 heavy (non-hydrogen) atoms. The summed E-state index contributed by atoms with van der Waals surface area (Å²) in [5.74, 6) is 7.08. The molecule has 0 radical (unpaired) electrons. The van der Waals surface area contributed by atoms with E-state index in [0.29, 0.717) is 36.3 Å². The lowest BCUT2D eigenvalue weighted by molar-refractivity contribution is -0.137. The summed E-state index contributed by atoms with van der Waals surface area (Å²) >= 11 is 0. The van der Waals surface area contributed by atoms with Crippen LogP contribution < -0.4 is 0 Å². The number of aryl methyl sites for hydroxylation is 1. The SMILES string of the molecule is CC#CCC(C)C/C=C/C1CCC[C@@H]1c1cccc(CCCC(=O)O)c1O. The Labute approximate surface area is 163 Å². The number of para-hydroxylation sites is 1. The van der Waals surface area contributed by atoms with Crippen LogP contribution in [0.25, 0.3) is 0 Å². The Kier molecular flexibility index (Phi) is 8.45. The number of carboxylic acids is 1. The molecule has 3 heteroatoms. The van der Waals surface area contributed by atoms with Gasteiger partial charge in [-0.1, -0.05) is 43.7 Å². The van der Waals surface area contributed by atoms with Gasteiger partial charge >= 0.3 is 5.97 Å². The van der Waals surface area contributed by atoms with Gasteiger partial charge in [-0.25, -0.2) is 0 Å². The lowest BCUT2D eigenvalue weighted by Gasteiger charge is -2.20. The largest absolute Gasteiger partial charge is 0.507 e. The van der Waals surface area contributed by atoms with Crippen LogP contribution in [0.5, 0.6) is 5.75 Å². The maximum atomic E-state index is 10.8. The average Bonchev–Trinajstić information content (AvgIpc) is 3.09. The molecular weight excluding hydrogens is 336 g/mol. The average molecular weight is 369 g/mol. The van der Waals surface area contributed by atoms with Crippen LogP contribution in [0.2, 0.25) is 0 Å². The Hall–Kier alpha value is -2.21. The Morgan fingerprint density at radius 2 is 2.19 bits per heavy atom. The van der Waals surface area contributed by atoms with Gasteiger partial charge in [0.1, 0.15) is 5.75 Å². The van der Waals surface area contributed by atoms with Crippen LogP contribution in [0.4, 0.5) is 0 Å². The highest BCUT2D eigenvalue weighted by Gasteiger charge is 2.29. The highest BCUT2D eigenvalue weighted by molar-refractivity contribution is 5.66.